The molecule has 0 fully saturated rings. The Balaban J connectivity index is 2.03. The van der Waals surface area contributed by atoms with Crippen LogP contribution in [-0.4, -0.2) is 12.4 Å². The van der Waals surface area contributed by atoms with Crippen LogP contribution in [0.15, 0.2) is 40.9 Å². The largest absolute Gasteiger partial charge is 0.492 e. The average Bonchev–Trinajstić information content (AvgIpc) is 2.74. The Hall–Kier alpha value is -1.32. The van der Waals surface area contributed by atoms with Crippen molar-refractivity contribution in [3.05, 3.63) is 62.6 Å². The minimum Gasteiger partial charge on any atom is -0.492 e. The lowest BCUT2D eigenvalue weighted by Gasteiger charge is -2.15. The van der Waals surface area contributed by atoms with Crippen LogP contribution in [0.25, 0.3) is 0 Å². The first kappa shape index (κ1) is 14.6. The van der Waals surface area contributed by atoms with E-state index in [-0.39, 0.29) is 11.2 Å². The van der Waals surface area contributed by atoms with E-state index in [1.807, 2.05) is 18.2 Å². The number of ketones is 1. The molecule has 1 aliphatic heterocycles. The maximum absolute atomic E-state index is 12.7. The van der Waals surface area contributed by atoms with Gasteiger partial charge in [-0.05, 0) is 52.3 Å². The smallest absolute Gasteiger partial charge is 0.194 e. The highest BCUT2D eigenvalue weighted by atomic mass is 79.9. The van der Waals surface area contributed by atoms with Gasteiger partial charge < -0.3 is 4.74 Å². The van der Waals surface area contributed by atoms with Gasteiger partial charge in [-0.25, -0.2) is 0 Å². The number of benzene rings is 2. The summed E-state index contributed by atoms with van der Waals surface area (Å²) < 4.78 is 6.36. The fourth-order valence-corrected chi connectivity index (χ4v) is 3.35. The van der Waals surface area contributed by atoms with Crippen molar-refractivity contribution in [1.82, 2.24) is 0 Å². The Morgan fingerprint density at radius 1 is 1.24 bits per heavy atom. The van der Waals surface area contributed by atoms with Crippen molar-refractivity contribution in [2.24, 2.45) is 0 Å². The summed E-state index contributed by atoms with van der Waals surface area (Å²) in [6, 6.07) is 10.8. The van der Waals surface area contributed by atoms with Crippen LogP contribution in [0.3, 0.4) is 0 Å². The lowest BCUT2D eigenvalue weighted by molar-refractivity contribution is 0.103. The number of carbonyl (C=O) groups excluding carboxylic acids is 1. The second-order valence-electron chi connectivity index (χ2n) is 5.84. The normalized spacial score (nSPS) is 15.4. The van der Waals surface area contributed by atoms with Crippen LogP contribution in [0.1, 0.15) is 35.3 Å². The quantitative estimate of drug-likeness (QED) is 0.700. The van der Waals surface area contributed by atoms with Crippen LogP contribution in [0.2, 0.25) is 5.02 Å². The molecular weight excluding hydrogens is 352 g/mol. The summed E-state index contributed by atoms with van der Waals surface area (Å²) in [7, 11) is 0. The molecule has 4 heteroatoms. The van der Waals surface area contributed by atoms with Gasteiger partial charge in [0, 0.05) is 31.6 Å². The minimum absolute atomic E-state index is 0.0240. The summed E-state index contributed by atoms with van der Waals surface area (Å²) >= 11 is 9.32. The highest BCUT2D eigenvalue weighted by Crippen LogP contribution is 2.39. The van der Waals surface area contributed by atoms with Crippen molar-refractivity contribution in [2.75, 3.05) is 6.61 Å². The maximum atomic E-state index is 12.7. The van der Waals surface area contributed by atoms with Crippen LogP contribution in [0.5, 0.6) is 5.75 Å². The third kappa shape index (κ3) is 2.60. The van der Waals surface area contributed by atoms with Crippen LogP contribution in [0, 0.1) is 0 Å². The fourth-order valence-electron chi connectivity index (χ4n) is 2.49. The Bertz CT molecular complexity index is 738. The number of rotatable bonds is 2. The van der Waals surface area contributed by atoms with Gasteiger partial charge >= 0.3 is 0 Å². The molecule has 0 unspecified atom stereocenters. The van der Waals surface area contributed by atoms with Gasteiger partial charge in [-0.1, -0.05) is 25.4 Å². The number of ether oxygens (including phenoxy) is 1. The zero-order chi connectivity index (χ0) is 15.2. The van der Waals surface area contributed by atoms with Crippen LogP contribution in [-0.2, 0) is 5.41 Å². The minimum atomic E-state index is -0.0666. The van der Waals surface area contributed by atoms with Crippen molar-refractivity contribution in [3.63, 3.8) is 0 Å². The number of fused-ring (bicyclic) bond motifs is 1. The molecule has 108 valence electrons. The summed E-state index contributed by atoms with van der Waals surface area (Å²) in [5.41, 5.74) is 2.29. The number of hydrogen-bond acceptors (Lipinski definition) is 2. The van der Waals surface area contributed by atoms with Gasteiger partial charge in [-0.3, -0.25) is 4.79 Å². The predicted octanol–water partition coefficient (Wildman–Crippen LogP) is 5.00. The van der Waals surface area contributed by atoms with E-state index in [2.05, 4.69) is 29.8 Å². The molecule has 0 bridgehead atoms. The monoisotopic (exact) mass is 364 g/mol. The first-order valence-electron chi connectivity index (χ1n) is 6.65. The van der Waals surface area contributed by atoms with E-state index in [1.165, 1.54) is 0 Å². The number of halogens is 2. The molecule has 0 aliphatic carbocycles. The van der Waals surface area contributed by atoms with E-state index in [4.69, 9.17) is 16.3 Å². The van der Waals surface area contributed by atoms with E-state index >= 15 is 0 Å². The second-order valence-corrected chi connectivity index (χ2v) is 7.13. The van der Waals surface area contributed by atoms with Gasteiger partial charge in [-0.15, -0.1) is 0 Å². The molecule has 0 spiro atoms. The molecule has 0 saturated carbocycles. The molecule has 0 N–H and O–H groups in total. The first-order chi connectivity index (χ1) is 9.88. The van der Waals surface area contributed by atoms with E-state index in [0.29, 0.717) is 27.2 Å². The first-order valence-corrected chi connectivity index (χ1v) is 7.83. The topological polar surface area (TPSA) is 26.3 Å². The summed E-state index contributed by atoms with van der Waals surface area (Å²) in [6.45, 7) is 4.88. The van der Waals surface area contributed by atoms with E-state index in [9.17, 15) is 4.79 Å². The Kier molecular flexibility index (Phi) is 3.58. The average molecular weight is 366 g/mol. The summed E-state index contributed by atoms with van der Waals surface area (Å²) in [6.07, 6.45) is 0. The molecule has 1 heterocycles. The van der Waals surface area contributed by atoms with Gasteiger partial charge in [0.15, 0.2) is 5.78 Å². The van der Waals surface area contributed by atoms with Gasteiger partial charge in [0.05, 0.1) is 6.61 Å². The predicted molar refractivity (Wildman–Crippen MR) is 87.5 cm³/mol. The summed E-state index contributed by atoms with van der Waals surface area (Å²) in [4.78, 5) is 12.7. The molecule has 2 nitrogen and oxygen atoms in total. The van der Waals surface area contributed by atoms with Gasteiger partial charge in [0.2, 0.25) is 0 Å². The Labute approximate surface area is 137 Å². The zero-order valence-electron chi connectivity index (χ0n) is 11.7. The standard InChI is InChI=1S/C17H14BrClO2/c1-17(2)9-21-15-6-3-10(7-13(15)17)16(20)12-5-4-11(19)8-14(12)18/h3-8H,9H2,1-2H3. The Morgan fingerprint density at radius 3 is 2.71 bits per heavy atom. The molecular formula is C17H14BrClO2. The van der Waals surface area contributed by atoms with Crippen molar-refractivity contribution in [3.8, 4) is 5.75 Å². The fraction of sp³-hybridized carbons (Fsp3) is 0.235. The zero-order valence-corrected chi connectivity index (χ0v) is 14.1. The molecule has 2 aromatic carbocycles. The van der Waals surface area contributed by atoms with Crippen LogP contribution in [0.4, 0.5) is 0 Å². The van der Waals surface area contributed by atoms with Crippen LogP contribution < -0.4 is 4.74 Å². The molecule has 2 aromatic rings. The lowest BCUT2D eigenvalue weighted by atomic mass is 9.85. The van der Waals surface area contributed by atoms with E-state index in [1.54, 1.807) is 18.2 Å². The molecule has 21 heavy (non-hydrogen) atoms. The van der Waals surface area contributed by atoms with Gasteiger partial charge in [0.1, 0.15) is 5.75 Å². The summed E-state index contributed by atoms with van der Waals surface area (Å²) in [5.74, 6) is 0.843. The second kappa shape index (κ2) is 5.15. The number of carbonyl (C=O) groups is 1. The third-order valence-electron chi connectivity index (χ3n) is 3.74. The van der Waals surface area contributed by atoms with E-state index < -0.39 is 0 Å². The molecule has 1 aliphatic rings. The molecule has 0 saturated heterocycles. The molecule has 0 atom stereocenters. The number of hydrogen-bond donors (Lipinski definition) is 0. The maximum Gasteiger partial charge on any atom is 0.194 e. The van der Waals surface area contributed by atoms with E-state index in [0.717, 1.165) is 11.3 Å². The highest BCUT2D eigenvalue weighted by molar-refractivity contribution is 9.10. The molecule has 0 aromatic heterocycles. The third-order valence-corrected chi connectivity index (χ3v) is 4.63. The SMILES string of the molecule is CC1(C)COc2ccc(C(=O)c3ccc(Cl)cc3Br)cc21. The lowest BCUT2D eigenvalue weighted by Crippen LogP contribution is -2.18. The molecule has 3 rings (SSSR count). The van der Waals surface area contributed by atoms with Gasteiger partial charge in [-0.2, -0.15) is 0 Å². The van der Waals surface area contributed by atoms with Crippen molar-refractivity contribution in [1.29, 1.82) is 0 Å². The highest BCUT2D eigenvalue weighted by Gasteiger charge is 2.32. The molecule has 0 amide bonds. The molecule has 0 radical (unpaired) electrons. The summed E-state index contributed by atoms with van der Waals surface area (Å²) in [5, 5.41) is 0.599. The van der Waals surface area contributed by atoms with Crippen molar-refractivity contribution in [2.45, 2.75) is 19.3 Å². The Morgan fingerprint density at radius 2 is 2.00 bits per heavy atom. The van der Waals surface area contributed by atoms with Crippen LogP contribution >= 0.6 is 27.5 Å². The van der Waals surface area contributed by atoms with Gasteiger partial charge in [0.25, 0.3) is 0 Å². The van der Waals surface area contributed by atoms with Crippen molar-refractivity contribution < 1.29 is 9.53 Å². The van der Waals surface area contributed by atoms with Crippen molar-refractivity contribution >= 4 is 33.3 Å².